The lowest BCUT2D eigenvalue weighted by Gasteiger charge is -2.36. The van der Waals surface area contributed by atoms with Crippen LogP contribution in [0, 0.1) is 6.92 Å². The summed E-state index contributed by atoms with van der Waals surface area (Å²) in [5, 5.41) is 17.0. The number of carbonyl (C=O) groups excluding carboxylic acids is 1. The number of nitrogens with zero attached hydrogens (tertiary/aromatic N) is 2. The van der Waals surface area contributed by atoms with Crippen molar-refractivity contribution >= 4 is 11.9 Å². The van der Waals surface area contributed by atoms with E-state index in [0.717, 1.165) is 37.1 Å². The molecule has 1 aromatic carbocycles. The van der Waals surface area contributed by atoms with Crippen LogP contribution >= 0.6 is 0 Å². The highest BCUT2D eigenvalue weighted by molar-refractivity contribution is 5.99. The minimum absolute atomic E-state index is 0.382. The molecule has 1 aromatic heterocycles. The van der Waals surface area contributed by atoms with Crippen LogP contribution < -0.4 is 5.32 Å². The molecule has 0 fully saturated rings. The van der Waals surface area contributed by atoms with E-state index in [0.29, 0.717) is 17.5 Å². The first-order valence-electron chi connectivity index (χ1n) is 8.66. The summed E-state index contributed by atoms with van der Waals surface area (Å²) in [6.07, 6.45) is 4.36. The summed E-state index contributed by atoms with van der Waals surface area (Å²) < 4.78 is 1.77. The highest BCUT2D eigenvalue weighted by Gasteiger charge is 2.45. The number of aromatic nitrogens is 2. The highest BCUT2D eigenvalue weighted by atomic mass is 16.4. The van der Waals surface area contributed by atoms with Crippen LogP contribution in [0.3, 0.4) is 0 Å². The van der Waals surface area contributed by atoms with Crippen LogP contribution in [0.15, 0.2) is 30.5 Å². The fourth-order valence-corrected chi connectivity index (χ4v) is 3.61. The van der Waals surface area contributed by atoms with E-state index in [1.54, 1.807) is 10.7 Å². The van der Waals surface area contributed by atoms with Crippen molar-refractivity contribution in [1.82, 2.24) is 15.1 Å². The smallest absolute Gasteiger partial charge is 0.334 e. The number of rotatable bonds is 5. The summed E-state index contributed by atoms with van der Waals surface area (Å²) in [6, 6.07) is 7.45. The second kappa shape index (κ2) is 6.70. The zero-order valence-electron chi connectivity index (χ0n) is 14.6. The van der Waals surface area contributed by atoms with Gasteiger partial charge in [0.2, 0.25) is 0 Å². The van der Waals surface area contributed by atoms with Crippen molar-refractivity contribution in [3.05, 3.63) is 52.8 Å². The van der Waals surface area contributed by atoms with Gasteiger partial charge in [-0.2, -0.15) is 5.10 Å². The molecule has 0 bridgehead atoms. The van der Waals surface area contributed by atoms with E-state index in [9.17, 15) is 14.7 Å². The summed E-state index contributed by atoms with van der Waals surface area (Å²) in [5.41, 5.74) is 1.46. The predicted molar refractivity (Wildman–Crippen MR) is 93.4 cm³/mol. The first-order valence-corrected chi connectivity index (χ1v) is 8.66. The quantitative estimate of drug-likeness (QED) is 0.876. The van der Waals surface area contributed by atoms with Crippen LogP contribution in [0.4, 0.5) is 0 Å². The minimum Gasteiger partial charge on any atom is -0.479 e. The molecule has 6 nitrogen and oxygen atoms in total. The lowest BCUT2D eigenvalue weighted by atomic mass is 9.76. The number of carboxylic acid groups (broad SMARTS) is 1. The Morgan fingerprint density at radius 3 is 2.84 bits per heavy atom. The van der Waals surface area contributed by atoms with E-state index in [2.05, 4.69) is 10.4 Å². The average molecular weight is 341 g/mol. The molecule has 132 valence electrons. The minimum atomic E-state index is -1.38. The Balaban J connectivity index is 1.97. The van der Waals surface area contributed by atoms with Crippen LogP contribution in [0.25, 0.3) is 0 Å². The highest BCUT2D eigenvalue weighted by Crippen LogP contribution is 2.36. The van der Waals surface area contributed by atoms with Crippen molar-refractivity contribution in [2.24, 2.45) is 0 Å². The lowest BCUT2D eigenvalue weighted by molar-refractivity contribution is -0.145. The molecule has 6 heteroatoms. The molecule has 2 aromatic rings. The maximum absolute atomic E-state index is 12.8. The summed E-state index contributed by atoms with van der Waals surface area (Å²) in [7, 11) is 0. The van der Waals surface area contributed by atoms with Crippen molar-refractivity contribution in [2.75, 3.05) is 0 Å². The second-order valence-corrected chi connectivity index (χ2v) is 6.54. The zero-order valence-corrected chi connectivity index (χ0v) is 14.6. The molecule has 1 unspecified atom stereocenters. The molecule has 25 heavy (non-hydrogen) atoms. The van der Waals surface area contributed by atoms with Crippen molar-refractivity contribution in [3.8, 4) is 0 Å². The van der Waals surface area contributed by atoms with Crippen LogP contribution in [0.2, 0.25) is 0 Å². The van der Waals surface area contributed by atoms with Gasteiger partial charge in [-0.15, -0.1) is 0 Å². The molecule has 1 aliphatic carbocycles. The van der Waals surface area contributed by atoms with E-state index in [-0.39, 0.29) is 5.91 Å². The Labute approximate surface area is 146 Å². The van der Waals surface area contributed by atoms with Gasteiger partial charge in [0.25, 0.3) is 5.91 Å². The van der Waals surface area contributed by atoms with Gasteiger partial charge in [0.1, 0.15) is 0 Å². The maximum Gasteiger partial charge on any atom is 0.334 e. The van der Waals surface area contributed by atoms with E-state index in [4.69, 9.17) is 0 Å². The van der Waals surface area contributed by atoms with Gasteiger partial charge in [-0.05, 0) is 43.7 Å². The number of aryl methyl sites for hydroxylation is 2. The van der Waals surface area contributed by atoms with Gasteiger partial charge in [0, 0.05) is 12.2 Å². The van der Waals surface area contributed by atoms with Gasteiger partial charge in [-0.1, -0.05) is 31.2 Å². The number of nitrogens with one attached hydrogen (secondary N) is 1. The third-order valence-corrected chi connectivity index (χ3v) is 4.95. The molecule has 1 atom stereocenters. The average Bonchev–Trinajstić information content (AvgIpc) is 2.96. The van der Waals surface area contributed by atoms with Gasteiger partial charge >= 0.3 is 5.97 Å². The molecule has 0 saturated heterocycles. The number of aliphatic carboxylic acids is 1. The largest absolute Gasteiger partial charge is 0.479 e. The summed E-state index contributed by atoms with van der Waals surface area (Å²) in [5.74, 6) is -1.41. The first kappa shape index (κ1) is 17.2. The number of hydrogen-bond acceptors (Lipinski definition) is 3. The normalized spacial score (nSPS) is 19.3. The van der Waals surface area contributed by atoms with Crippen molar-refractivity contribution in [1.29, 1.82) is 0 Å². The Hall–Kier alpha value is -2.63. The fourth-order valence-electron chi connectivity index (χ4n) is 3.61. The monoisotopic (exact) mass is 341 g/mol. The van der Waals surface area contributed by atoms with Gasteiger partial charge < -0.3 is 10.4 Å². The molecule has 0 radical (unpaired) electrons. The van der Waals surface area contributed by atoms with E-state index < -0.39 is 11.5 Å². The summed E-state index contributed by atoms with van der Waals surface area (Å²) in [6.45, 7) is 4.60. The standard InChI is InChI=1S/C19H23N3O3/c1-3-11-22-13(2)15(12-20-22)17(23)21-19(18(24)25)10-6-8-14-7-4-5-9-16(14)19/h4-5,7,9,12H,3,6,8,10-11H2,1-2H3,(H,21,23)(H,24,25). The number of hydrogen-bond donors (Lipinski definition) is 2. The topological polar surface area (TPSA) is 84.2 Å². The van der Waals surface area contributed by atoms with Gasteiger partial charge in [-0.25, -0.2) is 4.79 Å². The number of benzene rings is 1. The van der Waals surface area contributed by atoms with E-state index in [1.165, 1.54) is 6.20 Å². The summed E-state index contributed by atoms with van der Waals surface area (Å²) >= 11 is 0. The fraction of sp³-hybridized carbons (Fsp3) is 0.421. The lowest BCUT2D eigenvalue weighted by Crippen LogP contribution is -2.53. The molecular formula is C19H23N3O3. The van der Waals surface area contributed by atoms with Crippen molar-refractivity contribution < 1.29 is 14.7 Å². The Kier molecular flexibility index (Phi) is 4.61. The Morgan fingerprint density at radius 1 is 1.36 bits per heavy atom. The molecular weight excluding hydrogens is 318 g/mol. The maximum atomic E-state index is 12.8. The number of carboxylic acids is 1. The Morgan fingerprint density at radius 2 is 2.12 bits per heavy atom. The third kappa shape index (κ3) is 2.92. The molecule has 3 rings (SSSR count). The van der Waals surface area contributed by atoms with Crippen molar-refractivity contribution in [2.45, 2.75) is 51.6 Å². The molecule has 1 amide bonds. The SMILES string of the molecule is CCCn1ncc(C(=O)NC2(C(=O)O)CCCc3ccccc32)c1C. The van der Waals surface area contributed by atoms with Crippen LogP contribution in [-0.2, 0) is 23.3 Å². The number of amides is 1. The molecule has 0 spiro atoms. The van der Waals surface area contributed by atoms with E-state index in [1.807, 2.05) is 32.0 Å². The molecule has 0 aliphatic heterocycles. The van der Waals surface area contributed by atoms with Crippen LogP contribution in [-0.4, -0.2) is 26.8 Å². The van der Waals surface area contributed by atoms with E-state index >= 15 is 0 Å². The zero-order chi connectivity index (χ0) is 18.0. The number of carbonyl (C=O) groups is 2. The summed E-state index contributed by atoms with van der Waals surface area (Å²) in [4.78, 5) is 25.0. The van der Waals surface area contributed by atoms with Gasteiger partial charge in [-0.3, -0.25) is 9.48 Å². The van der Waals surface area contributed by atoms with Crippen LogP contribution in [0.1, 0.15) is 53.4 Å². The first-order chi connectivity index (χ1) is 12.0. The predicted octanol–water partition coefficient (Wildman–Crippen LogP) is 2.65. The van der Waals surface area contributed by atoms with Gasteiger partial charge in [0.05, 0.1) is 11.8 Å². The molecule has 1 heterocycles. The Bertz CT molecular complexity index is 812. The van der Waals surface area contributed by atoms with Crippen molar-refractivity contribution in [3.63, 3.8) is 0 Å². The molecule has 0 saturated carbocycles. The van der Waals surface area contributed by atoms with Crippen LogP contribution in [0.5, 0.6) is 0 Å². The van der Waals surface area contributed by atoms with Gasteiger partial charge in [0.15, 0.2) is 5.54 Å². The molecule has 1 aliphatic rings. The third-order valence-electron chi connectivity index (χ3n) is 4.95. The second-order valence-electron chi connectivity index (χ2n) is 6.54. The number of fused-ring (bicyclic) bond motifs is 1. The molecule has 2 N–H and O–H groups in total.